The van der Waals surface area contributed by atoms with Crippen molar-refractivity contribution < 1.29 is 28.9 Å². The molecule has 3 rings (SSSR count). The Balaban J connectivity index is 1.44. The van der Waals surface area contributed by atoms with Crippen molar-refractivity contribution in [1.29, 1.82) is 0 Å². The van der Waals surface area contributed by atoms with Gasteiger partial charge in [0.2, 0.25) is 5.91 Å². The molecular weight excluding hydrogens is 604 g/mol. The number of amides is 1. The lowest BCUT2D eigenvalue weighted by Crippen LogP contribution is -2.45. The van der Waals surface area contributed by atoms with Gasteiger partial charge in [0, 0.05) is 6.54 Å². The molecule has 1 amide bonds. The molecule has 0 saturated heterocycles. The summed E-state index contributed by atoms with van der Waals surface area (Å²) in [5, 5.41) is 13.1. The highest BCUT2D eigenvalue weighted by Gasteiger charge is 2.50. The van der Waals surface area contributed by atoms with Gasteiger partial charge in [0.05, 0.1) is 36.9 Å². The molecule has 0 aromatic carbocycles. The molecule has 274 valence electrons. The van der Waals surface area contributed by atoms with E-state index < -0.39 is 16.9 Å². The monoisotopic (exact) mass is 673 g/mol. The zero-order chi connectivity index (χ0) is 35.6. The first kappa shape index (κ1) is 40.6. The highest BCUT2D eigenvalue weighted by Crippen LogP contribution is 2.60. The number of nitrogens with one attached hydrogen (secondary N) is 1. The van der Waals surface area contributed by atoms with Crippen molar-refractivity contribution >= 4 is 12.2 Å². The number of hydrogen-bond donors (Lipinski definition) is 3. The summed E-state index contributed by atoms with van der Waals surface area (Å²) in [5.41, 5.74) is 8.53. The van der Waals surface area contributed by atoms with Crippen LogP contribution in [0.25, 0.3) is 0 Å². The Labute approximate surface area is 291 Å². The number of allylic oxidation sites excluding steroid dienone is 4. The first-order valence-corrected chi connectivity index (χ1v) is 18.6. The summed E-state index contributed by atoms with van der Waals surface area (Å²) in [7, 11) is 0. The molecule has 0 heterocycles. The van der Waals surface area contributed by atoms with Crippen LogP contribution in [-0.4, -0.2) is 66.7 Å². The maximum atomic E-state index is 12.6. The first-order valence-electron chi connectivity index (χ1n) is 18.6. The topological polar surface area (TPSA) is 120 Å². The third-order valence-electron chi connectivity index (χ3n) is 11.3. The Bertz CT molecular complexity index is 1140. The number of hydrogen-bond acceptors (Lipinski definition) is 7. The molecule has 3 aliphatic carbocycles. The van der Waals surface area contributed by atoms with Crippen molar-refractivity contribution in [2.24, 2.45) is 28.9 Å². The van der Waals surface area contributed by atoms with E-state index in [2.05, 4.69) is 37.9 Å². The van der Waals surface area contributed by atoms with Gasteiger partial charge in [-0.15, -0.1) is 0 Å². The van der Waals surface area contributed by atoms with E-state index in [1.165, 1.54) is 49.7 Å². The van der Waals surface area contributed by atoms with Gasteiger partial charge in [-0.1, -0.05) is 56.6 Å². The van der Waals surface area contributed by atoms with Gasteiger partial charge >= 0.3 is 0 Å². The molecule has 0 aliphatic heterocycles. The average Bonchev–Trinajstić information content (AvgIpc) is 3.34. The van der Waals surface area contributed by atoms with E-state index in [-0.39, 0.29) is 25.0 Å². The van der Waals surface area contributed by atoms with Crippen molar-refractivity contribution in [2.45, 2.75) is 155 Å². The maximum absolute atomic E-state index is 12.6. The van der Waals surface area contributed by atoms with E-state index >= 15 is 0 Å². The van der Waals surface area contributed by atoms with E-state index in [9.17, 15) is 14.7 Å². The van der Waals surface area contributed by atoms with Gasteiger partial charge in [-0.2, -0.15) is 0 Å². The fraction of sp³-hybridized carbons (Fsp3) is 0.800. The summed E-state index contributed by atoms with van der Waals surface area (Å²) in [5.74, 6) is 1.92. The highest BCUT2D eigenvalue weighted by atomic mass is 16.5. The molecule has 0 radical (unpaired) electrons. The van der Waals surface area contributed by atoms with Gasteiger partial charge < -0.3 is 35.2 Å². The molecule has 8 nitrogen and oxygen atoms in total. The lowest BCUT2D eigenvalue weighted by Gasteiger charge is -2.44. The molecule has 6 atom stereocenters. The molecular formula is C40H68N2O6. The summed E-state index contributed by atoms with van der Waals surface area (Å²) in [6, 6.07) is 0. The molecule has 4 N–H and O–H groups in total. The molecule has 0 bridgehead atoms. The number of ether oxygens (including phenoxy) is 3. The number of aliphatic hydroxyl groups is 1. The first-order chi connectivity index (χ1) is 22.4. The number of aldehydes is 1. The summed E-state index contributed by atoms with van der Waals surface area (Å²) in [6.07, 6.45) is 18.4. The van der Waals surface area contributed by atoms with Gasteiger partial charge in [-0.3, -0.25) is 4.79 Å². The van der Waals surface area contributed by atoms with E-state index in [0.717, 1.165) is 44.3 Å². The second-order valence-corrected chi connectivity index (χ2v) is 16.7. The Morgan fingerprint density at radius 1 is 1.10 bits per heavy atom. The number of carbonyl (C=O) groups excluding carboxylic acids is 2. The lowest BCUT2D eigenvalue weighted by molar-refractivity contribution is -0.131. The van der Waals surface area contributed by atoms with Crippen LogP contribution in [0.5, 0.6) is 0 Å². The minimum Gasteiger partial charge on any atom is -0.390 e. The van der Waals surface area contributed by atoms with Gasteiger partial charge in [0.25, 0.3) is 0 Å². The predicted octanol–water partition coefficient (Wildman–Crippen LogP) is 7.34. The zero-order valence-corrected chi connectivity index (χ0v) is 31.3. The molecule has 3 aliphatic rings. The molecule has 3 fully saturated rings. The van der Waals surface area contributed by atoms with Crippen LogP contribution >= 0.6 is 0 Å². The fourth-order valence-electron chi connectivity index (χ4n) is 8.51. The molecule has 0 aromatic heterocycles. The largest absolute Gasteiger partial charge is 0.390 e. The van der Waals surface area contributed by atoms with Crippen molar-refractivity contribution in [3.05, 3.63) is 35.5 Å². The highest BCUT2D eigenvalue weighted by molar-refractivity contribution is 5.76. The molecule has 3 saturated carbocycles. The van der Waals surface area contributed by atoms with E-state index in [1.54, 1.807) is 12.5 Å². The normalized spacial score (nSPS) is 28.7. The lowest BCUT2D eigenvalue weighted by atomic mass is 9.60. The zero-order valence-electron chi connectivity index (χ0n) is 31.3. The van der Waals surface area contributed by atoms with Crippen LogP contribution in [0, 0.1) is 23.2 Å². The summed E-state index contributed by atoms with van der Waals surface area (Å²) in [6.45, 7) is 19.9. The SMILES string of the molecule is C=C1CC[C@H](OCCNC(=O)CC(C)(N)OCCC(C)(C)OCC=O)C/C1=C/C=C1\CCC[C@]2(C)C([C@H](C)CCCC(C)(C)O)CC[C@@H]12. The second kappa shape index (κ2) is 17.9. The minimum absolute atomic E-state index is 0.0369. The van der Waals surface area contributed by atoms with Crippen LogP contribution in [-0.2, 0) is 23.8 Å². The maximum Gasteiger partial charge on any atom is 0.224 e. The molecule has 8 heteroatoms. The van der Waals surface area contributed by atoms with Gasteiger partial charge in [0.15, 0.2) is 0 Å². The van der Waals surface area contributed by atoms with Crippen molar-refractivity contribution in [3.63, 3.8) is 0 Å². The van der Waals surface area contributed by atoms with Crippen LogP contribution in [0.3, 0.4) is 0 Å². The number of carbonyl (C=O) groups is 2. The smallest absolute Gasteiger partial charge is 0.224 e. The molecule has 48 heavy (non-hydrogen) atoms. The third kappa shape index (κ3) is 12.8. The van der Waals surface area contributed by atoms with Crippen LogP contribution in [0.2, 0.25) is 0 Å². The summed E-state index contributed by atoms with van der Waals surface area (Å²) < 4.78 is 17.5. The number of fused-ring (bicyclic) bond motifs is 1. The minimum atomic E-state index is -1.10. The van der Waals surface area contributed by atoms with E-state index in [1.807, 2.05) is 27.7 Å². The fourth-order valence-corrected chi connectivity index (χ4v) is 8.51. The Kier molecular flexibility index (Phi) is 15.1. The number of rotatable bonds is 19. The van der Waals surface area contributed by atoms with Crippen molar-refractivity contribution in [2.75, 3.05) is 26.4 Å². The van der Waals surface area contributed by atoms with Crippen molar-refractivity contribution in [1.82, 2.24) is 5.32 Å². The van der Waals surface area contributed by atoms with Crippen LogP contribution < -0.4 is 11.1 Å². The van der Waals surface area contributed by atoms with Gasteiger partial charge in [0.1, 0.15) is 18.6 Å². The average molecular weight is 673 g/mol. The van der Waals surface area contributed by atoms with Crippen molar-refractivity contribution in [3.8, 4) is 0 Å². The van der Waals surface area contributed by atoms with Crippen LogP contribution in [0.1, 0.15) is 132 Å². The quantitative estimate of drug-likeness (QED) is 0.0746. The summed E-state index contributed by atoms with van der Waals surface area (Å²) in [4.78, 5) is 23.1. The van der Waals surface area contributed by atoms with Gasteiger partial charge in [-0.25, -0.2) is 0 Å². The molecule has 0 spiro atoms. The number of nitrogens with two attached hydrogens (primary N) is 1. The van der Waals surface area contributed by atoms with Crippen LogP contribution in [0.4, 0.5) is 0 Å². The predicted molar refractivity (Wildman–Crippen MR) is 193 cm³/mol. The van der Waals surface area contributed by atoms with E-state index in [0.29, 0.717) is 43.4 Å². The Morgan fingerprint density at radius 3 is 2.56 bits per heavy atom. The molecule has 0 aromatic rings. The third-order valence-corrected chi connectivity index (χ3v) is 11.3. The van der Waals surface area contributed by atoms with Gasteiger partial charge in [-0.05, 0) is 128 Å². The molecule has 2 unspecified atom stereocenters. The van der Waals surface area contributed by atoms with E-state index in [4.69, 9.17) is 19.9 Å². The Morgan fingerprint density at radius 2 is 1.85 bits per heavy atom. The summed E-state index contributed by atoms with van der Waals surface area (Å²) >= 11 is 0. The second-order valence-electron chi connectivity index (χ2n) is 16.7. The standard InChI is InChI=1S/C40H68N2O6/c1-29-13-16-33(46-25-22-42-36(44)28-40(8,41)48-24-21-38(5,6)47-26-23-43)27-32(29)15-14-31-12-10-20-39(7)34(17-18-35(31)39)30(2)11-9-19-37(3,4)45/h14-15,23,30,33-35,45H,1,9-13,16-22,24-28,41H2,2-8H3,(H,42,44)/b31-14+,32-15-/t30-,33+,34?,35+,39-,40?/m1/s1. The van der Waals surface area contributed by atoms with Crippen LogP contribution in [0.15, 0.2) is 35.5 Å². The Hall–Kier alpha value is -1.84.